The molecule has 0 N–H and O–H groups in total. The van der Waals surface area contributed by atoms with E-state index in [2.05, 4.69) is 9.72 Å². The van der Waals surface area contributed by atoms with Crippen LogP contribution < -0.4 is 4.74 Å². The van der Waals surface area contributed by atoms with Gasteiger partial charge in [-0.25, -0.2) is 4.79 Å². The number of methoxy groups -OCH3 is 1. The number of aromatic nitrogens is 1. The summed E-state index contributed by atoms with van der Waals surface area (Å²) in [6, 6.07) is 3.32. The van der Waals surface area contributed by atoms with E-state index in [1.165, 1.54) is 20.2 Å². The Balaban J connectivity index is 2.54. The number of carbonyl (C=O) groups is 2. The van der Waals surface area contributed by atoms with E-state index in [0.717, 1.165) is 5.69 Å². The van der Waals surface area contributed by atoms with E-state index >= 15 is 0 Å². The molecule has 86 valence electrons. The van der Waals surface area contributed by atoms with Crippen LogP contribution in [0.3, 0.4) is 0 Å². The molecule has 0 aliphatic heterocycles. The molecule has 1 aromatic rings. The minimum absolute atomic E-state index is 0.122. The average molecular weight is 223 g/mol. The molecule has 1 rings (SSSR count). The highest BCUT2D eigenvalue weighted by Crippen LogP contribution is 2.10. The summed E-state index contributed by atoms with van der Waals surface area (Å²) < 4.78 is 9.08. The van der Waals surface area contributed by atoms with Crippen LogP contribution in [0.25, 0.3) is 0 Å². The van der Waals surface area contributed by atoms with Gasteiger partial charge in [-0.05, 0) is 25.5 Å². The van der Waals surface area contributed by atoms with Gasteiger partial charge in [-0.2, -0.15) is 0 Å². The van der Waals surface area contributed by atoms with E-state index in [4.69, 9.17) is 4.74 Å². The van der Waals surface area contributed by atoms with Gasteiger partial charge in [0, 0.05) is 12.1 Å². The maximum absolute atomic E-state index is 10.8. The molecule has 0 aromatic carbocycles. The quantitative estimate of drug-likeness (QED) is 0.727. The van der Waals surface area contributed by atoms with Crippen molar-refractivity contribution in [3.8, 4) is 5.75 Å². The lowest BCUT2D eigenvalue weighted by Crippen LogP contribution is -2.07. The highest BCUT2D eigenvalue weighted by atomic mass is 16.7. The van der Waals surface area contributed by atoms with Crippen LogP contribution in [0.1, 0.15) is 19.0 Å². The zero-order valence-corrected chi connectivity index (χ0v) is 9.23. The van der Waals surface area contributed by atoms with Gasteiger partial charge in [0.1, 0.15) is 5.78 Å². The molecule has 0 fully saturated rings. The molecule has 16 heavy (non-hydrogen) atoms. The van der Waals surface area contributed by atoms with Gasteiger partial charge in [-0.15, -0.1) is 0 Å². The summed E-state index contributed by atoms with van der Waals surface area (Å²) >= 11 is 0. The Morgan fingerprint density at radius 1 is 1.38 bits per heavy atom. The predicted molar refractivity (Wildman–Crippen MR) is 56.3 cm³/mol. The van der Waals surface area contributed by atoms with Gasteiger partial charge >= 0.3 is 6.16 Å². The van der Waals surface area contributed by atoms with Gasteiger partial charge in [0.15, 0.2) is 5.75 Å². The average Bonchev–Trinajstić information content (AvgIpc) is 2.28. The Bertz CT molecular complexity index is 372. The second kappa shape index (κ2) is 5.85. The van der Waals surface area contributed by atoms with Gasteiger partial charge < -0.3 is 14.3 Å². The fraction of sp³-hybridized carbons (Fsp3) is 0.364. The first-order valence-electron chi connectivity index (χ1n) is 4.82. The lowest BCUT2D eigenvalue weighted by atomic mass is 10.2. The highest BCUT2D eigenvalue weighted by Gasteiger charge is 2.04. The van der Waals surface area contributed by atoms with Crippen molar-refractivity contribution >= 4 is 11.9 Å². The number of carbonyl (C=O) groups excluding carboxylic acids is 2. The molecule has 1 aromatic heterocycles. The smallest absolute Gasteiger partial charge is 0.437 e. The summed E-state index contributed by atoms with van der Waals surface area (Å²) in [5.74, 6) is 0.440. The van der Waals surface area contributed by atoms with Crippen LogP contribution in [-0.2, 0) is 16.0 Å². The number of hydrogen-bond donors (Lipinski definition) is 0. The van der Waals surface area contributed by atoms with Crippen LogP contribution in [0.2, 0.25) is 0 Å². The fourth-order valence-electron chi connectivity index (χ4n) is 1.06. The largest absolute Gasteiger partial charge is 0.513 e. The number of ketones is 1. The number of pyridine rings is 1. The van der Waals surface area contributed by atoms with Crippen molar-refractivity contribution in [3.05, 3.63) is 24.0 Å². The number of nitrogens with zero attached hydrogens (tertiary/aromatic N) is 1. The van der Waals surface area contributed by atoms with E-state index < -0.39 is 6.16 Å². The zero-order valence-electron chi connectivity index (χ0n) is 9.23. The third-order valence-corrected chi connectivity index (χ3v) is 1.90. The van der Waals surface area contributed by atoms with Gasteiger partial charge in [0.2, 0.25) is 0 Å². The van der Waals surface area contributed by atoms with Crippen molar-refractivity contribution in [1.29, 1.82) is 0 Å². The predicted octanol–water partition coefficient (Wildman–Crippen LogP) is 1.75. The first-order chi connectivity index (χ1) is 7.61. The normalized spacial score (nSPS) is 9.62. The molecule has 0 amide bonds. The highest BCUT2D eigenvalue weighted by molar-refractivity contribution is 5.75. The number of aryl methyl sites for hydroxylation is 1. The molecule has 0 atom stereocenters. The Hall–Kier alpha value is -1.91. The SMILES string of the molecule is COC(=O)Oc1ccc(CCC(C)=O)nc1. The van der Waals surface area contributed by atoms with E-state index in [1.807, 2.05) is 0 Å². The van der Waals surface area contributed by atoms with Crippen molar-refractivity contribution in [2.45, 2.75) is 19.8 Å². The Kier molecular flexibility index (Phi) is 4.44. The monoisotopic (exact) mass is 223 g/mol. The number of ether oxygens (including phenoxy) is 2. The van der Waals surface area contributed by atoms with Crippen LogP contribution >= 0.6 is 0 Å². The fourth-order valence-corrected chi connectivity index (χ4v) is 1.06. The third kappa shape index (κ3) is 4.08. The molecule has 1 heterocycles. The number of hydrogen-bond acceptors (Lipinski definition) is 5. The van der Waals surface area contributed by atoms with E-state index in [1.54, 1.807) is 12.1 Å². The summed E-state index contributed by atoms with van der Waals surface area (Å²) in [6.45, 7) is 1.54. The van der Waals surface area contributed by atoms with E-state index in [0.29, 0.717) is 18.6 Å². The topological polar surface area (TPSA) is 65.5 Å². The first-order valence-corrected chi connectivity index (χ1v) is 4.82. The Morgan fingerprint density at radius 3 is 2.62 bits per heavy atom. The maximum Gasteiger partial charge on any atom is 0.513 e. The molecule has 0 saturated carbocycles. The number of rotatable bonds is 4. The number of Topliss-reactive ketones (excluding diaryl/α,β-unsaturated/α-hetero) is 1. The standard InChI is InChI=1S/C11H13NO4/c1-8(13)3-4-9-5-6-10(7-12-9)16-11(14)15-2/h5-7H,3-4H2,1-2H3. The Morgan fingerprint density at radius 2 is 2.12 bits per heavy atom. The van der Waals surface area contributed by atoms with Gasteiger partial charge in [0.05, 0.1) is 13.3 Å². The molecular formula is C11H13NO4. The summed E-state index contributed by atoms with van der Waals surface area (Å²) in [4.78, 5) is 25.6. The molecule has 5 heteroatoms. The van der Waals surface area contributed by atoms with Crippen LogP contribution in [0, 0.1) is 0 Å². The molecule has 0 saturated heterocycles. The summed E-state index contributed by atoms with van der Waals surface area (Å²) in [6.07, 6.45) is 1.70. The minimum atomic E-state index is -0.779. The van der Waals surface area contributed by atoms with Crippen molar-refractivity contribution in [2.75, 3.05) is 7.11 Å². The van der Waals surface area contributed by atoms with Crippen molar-refractivity contribution in [3.63, 3.8) is 0 Å². The minimum Gasteiger partial charge on any atom is -0.437 e. The van der Waals surface area contributed by atoms with Crippen molar-refractivity contribution in [2.24, 2.45) is 0 Å². The molecule has 0 aliphatic carbocycles. The molecule has 0 bridgehead atoms. The molecule has 5 nitrogen and oxygen atoms in total. The van der Waals surface area contributed by atoms with Crippen LogP contribution in [-0.4, -0.2) is 24.0 Å². The Labute approximate surface area is 93.4 Å². The first kappa shape index (κ1) is 12.2. The van der Waals surface area contributed by atoms with Crippen LogP contribution in [0.5, 0.6) is 5.75 Å². The van der Waals surface area contributed by atoms with Crippen molar-refractivity contribution < 1.29 is 19.1 Å². The van der Waals surface area contributed by atoms with Crippen LogP contribution in [0.4, 0.5) is 4.79 Å². The summed E-state index contributed by atoms with van der Waals surface area (Å²) in [7, 11) is 1.23. The van der Waals surface area contributed by atoms with Gasteiger partial charge in [-0.1, -0.05) is 0 Å². The molecular weight excluding hydrogens is 210 g/mol. The molecule has 0 spiro atoms. The van der Waals surface area contributed by atoms with E-state index in [9.17, 15) is 9.59 Å². The third-order valence-electron chi connectivity index (χ3n) is 1.90. The molecule has 0 aliphatic rings. The summed E-state index contributed by atoms with van der Waals surface area (Å²) in [5.41, 5.74) is 0.785. The second-order valence-corrected chi connectivity index (χ2v) is 3.24. The summed E-state index contributed by atoms with van der Waals surface area (Å²) in [5, 5.41) is 0. The lowest BCUT2D eigenvalue weighted by Gasteiger charge is -2.03. The van der Waals surface area contributed by atoms with Crippen molar-refractivity contribution in [1.82, 2.24) is 4.98 Å². The zero-order chi connectivity index (χ0) is 12.0. The molecule has 0 radical (unpaired) electrons. The van der Waals surface area contributed by atoms with Crippen LogP contribution in [0.15, 0.2) is 18.3 Å². The van der Waals surface area contributed by atoms with Gasteiger partial charge in [-0.3, -0.25) is 4.98 Å². The lowest BCUT2D eigenvalue weighted by molar-refractivity contribution is -0.116. The second-order valence-electron chi connectivity index (χ2n) is 3.24. The molecule has 0 unspecified atom stereocenters. The van der Waals surface area contributed by atoms with Gasteiger partial charge in [0.25, 0.3) is 0 Å². The van der Waals surface area contributed by atoms with E-state index in [-0.39, 0.29) is 5.78 Å². The maximum atomic E-state index is 10.8.